The monoisotopic (exact) mass is 323 g/mol. The van der Waals surface area contributed by atoms with Gasteiger partial charge in [-0.1, -0.05) is 31.9 Å². The molecule has 0 saturated carbocycles. The SMILES string of the molecule is CCC(C)C(C)NS(=O)(=O)c1cc(F)c(Cl)c(CO)c1. The van der Waals surface area contributed by atoms with E-state index in [2.05, 4.69) is 4.72 Å². The van der Waals surface area contributed by atoms with Crippen LogP contribution >= 0.6 is 11.6 Å². The van der Waals surface area contributed by atoms with Gasteiger partial charge >= 0.3 is 0 Å². The Morgan fingerprint density at radius 2 is 2.00 bits per heavy atom. The van der Waals surface area contributed by atoms with Gasteiger partial charge in [-0.3, -0.25) is 0 Å². The molecule has 0 bridgehead atoms. The van der Waals surface area contributed by atoms with E-state index in [0.717, 1.165) is 12.5 Å². The van der Waals surface area contributed by atoms with E-state index >= 15 is 0 Å². The van der Waals surface area contributed by atoms with Crippen LogP contribution in [0.15, 0.2) is 17.0 Å². The first-order valence-corrected chi connectivity index (χ1v) is 8.20. The smallest absolute Gasteiger partial charge is 0.240 e. The van der Waals surface area contributed by atoms with Crippen LogP contribution in [0.1, 0.15) is 32.8 Å². The van der Waals surface area contributed by atoms with Crippen molar-refractivity contribution in [3.63, 3.8) is 0 Å². The Bertz CT molecular complexity index is 577. The fourth-order valence-corrected chi connectivity index (χ4v) is 3.25. The molecule has 0 radical (unpaired) electrons. The molecule has 0 aliphatic rings. The summed E-state index contributed by atoms with van der Waals surface area (Å²) < 4.78 is 40.5. The molecule has 2 unspecified atom stereocenters. The quantitative estimate of drug-likeness (QED) is 0.846. The lowest BCUT2D eigenvalue weighted by atomic mass is 10.0. The molecule has 114 valence electrons. The van der Waals surface area contributed by atoms with Gasteiger partial charge in [0.1, 0.15) is 5.82 Å². The maximum atomic E-state index is 13.6. The number of benzene rings is 1. The Balaban J connectivity index is 3.13. The first-order valence-electron chi connectivity index (χ1n) is 6.34. The van der Waals surface area contributed by atoms with Crippen LogP contribution in [-0.4, -0.2) is 19.6 Å². The highest BCUT2D eigenvalue weighted by atomic mass is 35.5. The molecule has 7 heteroatoms. The van der Waals surface area contributed by atoms with Crippen molar-refractivity contribution in [3.8, 4) is 0 Å². The number of sulfonamides is 1. The third-order valence-corrected chi connectivity index (χ3v) is 5.36. The Hall–Kier alpha value is -0.690. The zero-order valence-corrected chi connectivity index (χ0v) is 13.2. The topological polar surface area (TPSA) is 66.4 Å². The van der Waals surface area contributed by atoms with Crippen LogP contribution < -0.4 is 4.72 Å². The van der Waals surface area contributed by atoms with Gasteiger partial charge in [-0.25, -0.2) is 17.5 Å². The van der Waals surface area contributed by atoms with Crippen LogP contribution in [0, 0.1) is 11.7 Å². The van der Waals surface area contributed by atoms with Crippen molar-refractivity contribution >= 4 is 21.6 Å². The summed E-state index contributed by atoms with van der Waals surface area (Å²) in [6.07, 6.45) is 0.820. The molecule has 0 amide bonds. The molecule has 2 atom stereocenters. The highest BCUT2D eigenvalue weighted by Crippen LogP contribution is 2.25. The lowest BCUT2D eigenvalue weighted by Crippen LogP contribution is -2.37. The summed E-state index contributed by atoms with van der Waals surface area (Å²) in [7, 11) is -3.85. The molecule has 0 aliphatic carbocycles. The summed E-state index contributed by atoms with van der Waals surface area (Å²) in [6.45, 7) is 5.11. The van der Waals surface area contributed by atoms with Crippen LogP contribution in [0.5, 0.6) is 0 Å². The maximum Gasteiger partial charge on any atom is 0.240 e. The molecule has 20 heavy (non-hydrogen) atoms. The highest BCUT2D eigenvalue weighted by molar-refractivity contribution is 7.89. The summed E-state index contributed by atoms with van der Waals surface area (Å²) in [5.41, 5.74) is 0.0447. The summed E-state index contributed by atoms with van der Waals surface area (Å²) >= 11 is 5.64. The van der Waals surface area contributed by atoms with Gasteiger partial charge in [0.15, 0.2) is 0 Å². The minimum Gasteiger partial charge on any atom is -0.392 e. The summed E-state index contributed by atoms with van der Waals surface area (Å²) in [5, 5.41) is 8.81. The van der Waals surface area contributed by atoms with Crippen LogP contribution in [-0.2, 0) is 16.6 Å². The van der Waals surface area contributed by atoms with Crippen molar-refractivity contribution in [2.24, 2.45) is 5.92 Å². The fraction of sp³-hybridized carbons (Fsp3) is 0.538. The number of hydrogen-bond acceptors (Lipinski definition) is 3. The lowest BCUT2D eigenvalue weighted by Gasteiger charge is -2.20. The second-order valence-electron chi connectivity index (χ2n) is 4.83. The largest absolute Gasteiger partial charge is 0.392 e. The average Bonchev–Trinajstić information content (AvgIpc) is 2.39. The van der Waals surface area contributed by atoms with E-state index in [1.165, 1.54) is 6.07 Å². The van der Waals surface area contributed by atoms with Crippen LogP contribution in [0.4, 0.5) is 4.39 Å². The van der Waals surface area contributed by atoms with Crippen LogP contribution in [0.25, 0.3) is 0 Å². The standard InChI is InChI=1S/C13H19ClFNO3S/c1-4-8(2)9(3)16-20(18,19)11-5-10(7-17)13(14)12(15)6-11/h5-6,8-9,16-17H,4,7H2,1-3H3. The van der Waals surface area contributed by atoms with Crippen molar-refractivity contribution < 1.29 is 17.9 Å². The molecule has 0 aromatic heterocycles. The number of rotatable bonds is 6. The summed E-state index contributed by atoms with van der Waals surface area (Å²) in [6, 6.07) is 1.76. The number of aliphatic hydroxyl groups is 1. The van der Waals surface area contributed by atoms with E-state index in [-0.39, 0.29) is 27.4 Å². The van der Waals surface area contributed by atoms with E-state index in [4.69, 9.17) is 16.7 Å². The second-order valence-corrected chi connectivity index (χ2v) is 6.92. The van der Waals surface area contributed by atoms with Gasteiger partial charge in [0, 0.05) is 11.6 Å². The molecule has 0 aliphatic heterocycles. The maximum absolute atomic E-state index is 13.6. The van der Waals surface area contributed by atoms with Crippen LogP contribution in [0.2, 0.25) is 5.02 Å². The minimum absolute atomic E-state index is 0.0447. The molecular weight excluding hydrogens is 305 g/mol. The fourth-order valence-electron chi connectivity index (χ4n) is 1.67. The number of hydrogen-bond donors (Lipinski definition) is 2. The molecule has 0 saturated heterocycles. The number of nitrogens with one attached hydrogen (secondary N) is 1. The third-order valence-electron chi connectivity index (χ3n) is 3.40. The first-order chi connectivity index (χ1) is 9.22. The predicted octanol–water partition coefficient (Wildman–Crippen LogP) is 2.68. The van der Waals surface area contributed by atoms with E-state index in [9.17, 15) is 12.8 Å². The van der Waals surface area contributed by atoms with Crippen molar-refractivity contribution in [2.75, 3.05) is 0 Å². The molecule has 2 N–H and O–H groups in total. The normalized spacial score (nSPS) is 15.1. The zero-order chi connectivity index (χ0) is 15.5. The molecule has 0 heterocycles. The van der Waals surface area contributed by atoms with Crippen molar-refractivity contribution in [1.29, 1.82) is 0 Å². The van der Waals surface area contributed by atoms with E-state index < -0.39 is 22.4 Å². The van der Waals surface area contributed by atoms with Gasteiger partial charge in [0.25, 0.3) is 0 Å². The van der Waals surface area contributed by atoms with Gasteiger partial charge in [0.2, 0.25) is 10.0 Å². The molecule has 4 nitrogen and oxygen atoms in total. The molecule has 1 rings (SSSR count). The molecular formula is C13H19ClFNO3S. The molecule has 0 spiro atoms. The van der Waals surface area contributed by atoms with Crippen molar-refractivity contribution in [2.45, 2.75) is 44.7 Å². The van der Waals surface area contributed by atoms with Crippen molar-refractivity contribution in [1.82, 2.24) is 4.72 Å². The van der Waals surface area contributed by atoms with E-state index in [1.54, 1.807) is 6.92 Å². The Kier molecular flexibility index (Phi) is 5.94. The van der Waals surface area contributed by atoms with Crippen molar-refractivity contribution in [3.05, 3.63) is 28.5 Å². The Labute approximate surface area is 124 Å². The van der Waals surface area contributed by atoms with Gasteiger partial charge in [-0.05, 0) is 25.0 Å². The van der Waals surface area contributed by atoms with Crippen LogP contribution in [0.3, 0.4) is 0 Å². The lowest BCUT2D eigenvalue weighted by molar-refractivity contribution is 0.281. The number of halogens is 2. The molecule has 0 fully saturated rings. The van der Waals surface area contributed by atoms with Gasteiger partial charge in [0.05, 0.1) is 16.5 Å². The molecule has 1 aromatic carbocycles. The highest BCUT2D eigenvalue weighted by Gasteiger charge is 2.22. The minimum atomic E-state index is -3.85. The summed E-state index contributed by atoms with van der Waals surface area (Å²) in [4.78, 5) is -0.237. The summed E-state index contributed by atoms with van der Waals surface area (Å²) in [5.74, 6) is -0.714. The van der Waals surface area contributed by atoms with Gasteiger partial charge in [-0.2, -0.15) is 0 Å². The Morgan fingerprint density at radius 3 is 2.50 bits per heavy atom. The average molecular weight is 324 g/mol. The second kappa shape index (κ2) is 6.85. The third kappa shape index (κ3) is 3.91. The van der Waals surface area contributed by atoms with E-state index in [1.807, 2.05) is 13.8 Å². The first kappa shape index (κ1) is 17.4. The zero-order valence-electron chi connectivity index (χ0n) is 11.7. The number of aliphatic hydroxyl groups excluding tert-OH is 1. The Morgan fingerprint density at radius 1 is 1.40 bits per heavy atom. The van der Waals surface area contributed by atoms with E-state index in [0.29, 0.717) is 0 Å². The van der Waals surface area contributed by atoms with Gasteiger partial charge in [-0.15, -0.1) is 0 Å². The molecule has 1 aromatic rings. The predicted molar refractivity (Wildman–Crippen MR) is 76.6 cm³/mol. The van der Waals surface area contributed by atoms with Gasteiger partial charge < -0.3 is 5.11 Å².